The van der Waals surface area contributed by atoms with E-state index in [1.807, 2.05) is 0 Å². The van der Waals surface area contributed by atoms with E-state index in [0.29, 0.717) is 6.61 Å². The van der Waals surface area contributed by atoms with E-state index in [9.17, 15) is 0 Å². The Kier molecular flexibility index (Phi) is 4.46. The molecule has 0 rings (SSSR count). The van der Waals surface area contributed by atoms with Crippen molar-refractivity contribution in [2.24, 2.45) is 0 Å². The van der Waals surface area contributed by atoms with E-state index in [1.165, 1.54) is 0 Å². The highest BCUT2D eigenvalue weighted by Gasteiger charge is 1.66. The summed E-state index contributed by atoms with van der Waals surface area (Å²) in [5, 5.41) is 0. The smallest absolute Gasteiger partial charge is 0.120 e. The third kappa shape index (κ3) is 4.25. The Balaban J connectivity index is 2.19. The Morgan fingerprint density at radius 3 is 2.40 bits per heavy atom. The summed E-state index contributed by atoms with van der Waals surface area (Å²) in [6, 6.07) is 0.253. The molecule has 0 aromatic carbocycles. The van der Waals surface area contributed by atoms with Crippen molar-refractivity contribution in [1.82, 2.24) is 0 Å². The Labute approximate surface area is 36.9 Å². The van der Waals surface area contributed by atoms with E-state index in [4.69, 9.17) is 11.6 Å². The molecule has 0 aliphatic rings. The number of ether oxygens (including phenoxy) is 1. The molecule has 0 fully saturated rings. The fraction of sp³-hybridized carbons (Fsp3) is 0.667. The van der Waals surface area contributed by atoms with Crippen molar-refractivity contribution in [2.75, 3.05) is 12.7 Å². The molecule has 31 valence electrons. The SMILES string of the molecule is [CH2]COCCl. The quantitative estimate of drug-likeness (QED) is 0.464. The van der Waals surface area contributed by atoms with Gasteiger partial charge < -0.3 is 4.74 Å². The lowest BCUT2D eigenvalue weighted by atomic mass is 10.9. The Morgan fingerprint density at radius 2 is 2.40 bits per heavy atom. The summed E-state index contributed by atoms with van der Waals surface area (Å²) in [6.07, 6.45) is 0. The average Bonchev–Trinajstić information content (AvgIpc) is 1.41. The van der Waals surface area contributed by atoms with Crippen molar-refractivity contribution in [2.45, 2.75) is 0 Å². The van der Waals surface area contributed by atoms with Crippen molar-refractivity contribution in [3.05, 3.63) is 6.92 Å². The zero-order chi connectivity index (χ0) is 4.12. The summed E-state index contributed by atoms with van der Waals surface area (Å²) >= 11 is 5.04. The van der Waals surface area contributed by atoms with Gasteiger partial charge in [-0.05, 0) is 6.92 Å². The summed E-state index contributed by atoms with van der Waals surface area (Å²) in [5.74, 6) is 0. The lowest BCUT2D eigenvalue weighted by Crippen LogP contribution is -1.81. The fourth-order valence-electron chi connectivity index (χ4n) is 0.0546. The van der Waals surface area contributed by atoms with Gasteiger partial charge in [0.25, 0.3) is 0 Å². The van der Waals surface area contributed by atoms with Gasteiger partial charge in [-0.1, -0.05) is 11.6 Å². The van der Waals surface area contributed by atoms with Gasteiger partial charge in [0.1, 0.15) is 6.07 Å². The molecule has 0 bridgehead atoms. The van der Waals surface area contributed by atoms with Crippen molar-refractivity contribution in [3.8, 4) is 0 Å². The molecule has 0 saturated carbocycles. The molecule has 5 heavy (non-hydrogen) atoms. The number of hydrogen-bond donors (Lipinski definition) is 0. The second-order valence-electron chi connectivity index (χ2n) is 0.517. The van der Waals surface area contributed by atoms with Crippen LogP contribution in [0, 0.1) is 6.92 Å². The molecule has 1 radical (unpaired) electrons. The predicted octanol–water partition coefficient (Wildman–Crippen LogP) is 1.03. The average molecular weight is 93.5 g/mol. The van der Waals surface area contributed by atoms with E-state index in [0.717, 1.165) is 0 Å². The van der Waals surface area contributed by atoms with Crippen LogP contribution in [-0.4, -0.2) is 12.7 Å². The van der Waals surface area contributed by atoms with Gasteiger partial charge in [0.15, 0.2) is 0 Å². The minimum atomic E-state index is 0.253. The topological polar surface area (TPSA) is 9.23 Å². The first-order valence-corrected chi connectivity index (χ1v) is 1.88. The molecule has 0 atom stereocenters. The van der Waals surface area contributed by atoms with Crippen LogP contribution in [0.3, 0.4) is 0 Å². The Morgan fingerprint density at radius 1 is 1.80 bits per heavy atom. The van der Waals surface area contributed by atoms with Gasteiger partial charge in [-0.3, -0.25) is 0 Å². The van der Waals surface area contributed by atoms with Crippen LogP contribution < -0.4 is 0 Å². The number of rotatable bonds is 2. The predicted molar refractivity (Wildman–Crippen MR) is 22.0 cm³/mol. The fourth-order valence-corrected chi connectivity index (χ4v) is 0.164. The lowest BCUT2D eigenvalue weighted by Gasteiger charge is -1.84. The number of halogens is 1. The first-order chi connectivity index (χ1) is 2.41. The van der Waals surface area contributed by atoms with Crippen molar-refractivity contribution in [1.29, 1.82) is 0 Å². The number of alkyl halides is 1. The minimum absolute atomic E-state index is 0.253. The Bertz CT molecular complexity index is 14.4. The van der Waals surface area contributed by atoms with Crippen molar-refractivity contribution < 1.29 is 4.74 Å². The molecule has 0 aromatic rings. The maximum absolute atomic E-state index is 5.04. The third-order valence-electron chi connectivity index (χ3n) is 0.221. The molecule has 1 nitrogen and oxygen atoms in total. The third-order valence-corrected chi connectivity index (χ3v) is 0.376. The molecular formula is C3H6ClO. The van der Waals surface area contributed by atoms with Crippen LogP contribution in [0.5, 0.6) is 0 Å². The highest BCUT2D eigenvalue weighted by molar-refractivity contribution is 6.17. The maximum atomic E-state index is 5.04. The molecule has 0 amide bonds. The Hall–Kier alpha value is 0.250. The maximum Gasteiger partial charge on any atom is 0.120 e. The molecule has 0 heterocycles. The van der Waals surface area contributed by atoms with Crippen molar-refractivity contribution in [3.63, 3.8) is 0 Å². The second kappa shape index (κ2) is 4.25. The highest BCUT2D eigenvalue weighted by Crippen LogP contribution is 1.73. The van der Waals surface area contributed by atoms with Crippen LogP contribution in [0.15, 0.2) is 0 Å². The minimum Gasteiger partial charge on any atom is -0.366 e. The van der Waals surface area contributed by atoms with Crippen LogP contribution in [0.25, 0.3) is 0 Å². The molecule has 0 N–H and O–H groups in total. The van der Waals surface area contributed by atoms with Gasteiger partial charge in [0.05, 0.1) is 0 Å². The van der Waals surface area contributed by atoms with Gasteiger partial charge in [-0.15, -0.1) is 0 Å². The monoisotopic (exact) mass is 93.0 g/mol. The van der Waals surface area contributed by atoms with E-state index in [1.54, 1.807) is 0 Å². The molecule has 0 spiro atoms. The number of hydrogen-bond acceptors (Lipinski definition) is 1. The van der Waals surface area contributed by atoms with Crippen LogP contribution in [-0.2, 0) is 4.74 Å². The summed E-state index contributed by atoms with van der Waals surface area (Å²) in [4.78, 5) is 0. The van der Waals surface area contributed by atoms with Crippen LogP contribution >= 0.6 is 11.6 Å². The van der Waals surface area contributed by atoms with Crippen LogP contribution in [0.1, 0.15) is 0 Å². The first-order valence-electron chi connectivity index (χ1n) is 1.34. The van der Waals surface area contributed by atoms with Crippen molar-refractivity contribution >= 4 is 11.6 Å². The van der Waals surface area contributed by atoms with Gasteiger partial charge in [-0.2, -0.15) is 0 Å². The standard InChI is InChI=1S/C3H6ClO/c1-2-5-3-4/h1-3H2. The van der Waals surface area contributed by atoms with E-state index in [-0.39, 0.29) is 6.07 Å². The molecule has 0 aliphatic heterocycles. The molecule has 0 unspecified atom stereocenters. The first kappa shape index (κ1) is 5.25. The van der Waals surface area contributed by atoms with E-state index < -0.39 is 0 Å². The van der Waals surface area contributed by atoms with E-state index in [2.05, 4.69) is 11.7 Å². The van der Waals surface area contributed by atoms with Crippen LogP contribution in [0.4, 0.5) is 0 Å². The summed E-state index contributed by atoms with van der Waals surface area (Å²) < 4.78 is 4.49. The highest BCUT2D eigenvalue weighted by atomic mass is 35.5. The lowest BCUT2D eigenvalue weighted by molar-refractivity contribution is 0.211. The summed E-state index contributed by atoms with van der Waals surface area (Å²) in [7, 11) is 0. The van der Waals surface area contributed by atoms with Crippen LogP contribution in [0.2, 0.25) is 0 Å². The second-order valence-corrected chi connectivity index (χ2v) is 0.736. The molecule has 0 saturated heterocycles. The van der Waals surface area contributed by atoms with Gasteiger partial charge in [-0.25, -0.2) is 0 Å². The summed E-state index contributed by atoms with van der Waals surface area (Å²) in [6.45, 7) is 3.83. The van der Waals surface area contributed by atoms with Gasteiger partial charge in [0.2, 0.25) is 0 Å². The van der Waals surface area contributed by atoms with Gasteiger partial charge >= 0.3 is 0 Å². The zero-order valence-electron chi connectivity index (χ0n) is 2.91. The zero-order valence-corrected chi connectivity index (χ0v) is 3.66. The molecule has 0 aliphatic carbocycles. The molecule has 0 aromatic heterocycles. The molecule has 2 heteroatoms. The largest absolute Gasteiger partial charge is 0.366 e. The van der Waals surface area contributed by atoms with Gasteiger partial charge in [0, 0.05) is 6.61 Å². The summed E-state index contributed by atoms with van der Waals surface area (Å²) in [5.41, 5.74) is 0. The molecular weight excluding hydrogens is 87.5 g/mol. The normalized spacial score (nSPS) is 8.40. The van der Waals surface area contributed by atoms with E-state index >= 15 is 0 Å².